The van der Waals surface area contributed by atoms with Gasteiger partial charge in [0, 0.05) is 34.4 Å². The van der Waals surface area contributed by atoms with Crippen molar-refractivity contribution < 1.29 is 13.6 Å². The summed E-state index contributed by atoms with van der Waals surface area (Å²) in [4.78, 5) is 38.7. The minimum Gasteiger partial charge on any atom is -0.345 e. The zero-order valence-corrected chi connectivity index (χ0v) is 19.3. The molecule has 0 aliphatic heterocycles. The van der Waals surface area contributed by atoms with E-state index in [2.05, 4.69) is 20.3 Å². The van der Waals surface area contributed by atoms with Gasteiger partial charge in [-0.1, -0.05) is 6.07 Å². The van der Waals surface area contributed by atoms with Crippen molar-refractivity contribution in [1.29, 1.82) is 0 Å². The zero-order valence-electron chi connectivity index (χ0n) is 18.5. The van der Waals surface area contributed by atoms with Crippen LogP contribution in [0.15, 0.2) is 65.8 Å². The van der Waals surface area contributed by atoms with Crippen molar-refractivity contribution in [1.82, 2.24) is 24.8 Å². The molecule has 35 heavy (non-hydrogen) atoms. The second-order valence-electron chi connectivity index (χ2n) is 7.90. The van der Waals surface area contributed by atoms with Crippen LogP contribution in [0.5, 0.6) is 0 Å². The number of aromatic amines is 1. The molecule has 0 spiro atoms. The molecule has 0 bridgehead atoms. The van der Waals surface area contributed by atoms with Crippen molar-refractivity contribution in [2.45, 2.75) is 20.0 Å². The van der Waals surface area contributed by atoms with E-state index in [-0.39, 0.29) is 18.7 Å². The lowest BCUT2D eigenvalue weighted by Gasteiger charge is -2.09. The molecule has 2 N–H and O–H groups in total. The van der Waals surface area contributed by atoms with Crippen molar-refractivity contribution >= 4 is 28.3 Å². The lowest BCUT2D eigenvalue weighted by molar-refractivity contribution is 0.0948. The van der Waals surface area contributed by atoms with Crippen LogP contribution in [0.4, 0.5) is 8.78 Å². The summed E-state index contributed by atoms with van der Waals surface area (Å²) in [7, 11) is 0. The molecular weight excluding hydrogens is 472 g/mol. The number of pyridine rings is 2. The van der Waals surface area contributed by atoms with E-state index in [4.69, 9.17) is 0 Å². The molecule has 1 aromatic carbocycles. The maximum Gasteiger partial charge on any atom is 0.263 e. The molecule has 0 saturated heterocycles. The highest BCUT2D eigenvalue weighted by Crippen LogP contribution is 2.32. The van der Waals surface area contributed by atoms with Gasteiger partial charge in [-0.05, 0) is 48.9 Å². The van der Waals surface area contributed by atoms with Gasteiger partial charge in [0.1, 0.15) is 16.2 Å². The molecular formula is C25H19F2N5O2S. The average Bonchev–Trinajstić information content (AvgIpc) is 3.44. The Hall–Kier alpha value is -4.18. The van der Waals surface area contributed by atoms with Gasteiger partial charge in [-0.3, -0.25) is 9.59 Å². The Labute approximate surface area is 202 Å². The van der Waals surface area contributed by atoms with E-state index in [9.17, 15) is 18.4 Å². The van der Waals surface area contributed by atoms with Gasteiger partial charge < -0.3 is 14.9 Å². The smallest absolute Gasteiger partial charge is 0.263 e. The van der Waals surface area contributed by atoms with Crippen LogP contribution in [0.3, 0.4) is 0 Å². The molecule has 5 aromatic rings. The fourth-order valence-electron chi connectivity index (χ4n) is 3.85. The number of aromatic nitrogens is 4. The van der Waals surface area contributed by atoms with Crippen molar-refractivity contribution in [3.63, 3.8) is 0 Å². The second kappa shape index (κ2) is 9.22. The van der Waals surface area contributed by atoms with Crippen molar-refractivity contribution in [2.24, 2.45) is 0 Å². The Balaban J connectivity index is 1.32. The van der Waals surface area contributed by atoms with Crippen LogP contribution < -0.4 is 10.9 Å². The van der Waals surface area contributed by atoms with Crippen molar-refractivity contribution in [2.75, 3.05) is 0 Å². The maximum absolute atomic E-state index is 13.5. The monoisotopic (exact) mass is 491 g/mol. The van der Waals surface area contributed by atoms with E-state index >= 15 is 0 Å². The van der Waals surface area contributed by atoms with E-state index in [0.29, 0.717) is 10.6 Å². The summed E-state index contributed by atoms with van der Waals surface area (Å²) in [5.74, 6) is -2.50. The third kappa shape index (κ3) is 4.47. The van der Waals surface area contributed by atoms with Gasteiger partial charge in [-0.15, -0.1) is 11.3 Å². The van der Waals surface area contributed by atoms with Crippen LogP contribution in [0.1, 0.15) is 25.8 Å². The number of fused-ring (bicyclic) bond motifs is 1. The van der Waals surface area contributed by atoms with E-state index in [0.717, 1.165) is 39.3 Å². The van der Waals surface area contributed by atoms with E-state index in [1.165, 1.54) is 34.2 Å². The number of thiazole rings is 1. The fraction of sp³-hybridized carbons (Fsp3) is 0.120. The Bertz CT molecular complexity index is 1620. The number of halogens is 2. The molecule has 0 atom stereocenters. The molecule has 1 amide bonds. The number of carbonyl (C=O) groups is 1. The first-order valence-corrected chi connectivity index (χ1v) is 11.5. The van der Waals surface area contributed by atoms with Gasteiger partial charge in [-0.2, -0.15) is 0 Å². The number of benzene rings is 1. The van der Waals surface area contributed by atoms with Gasteiger partial charge in [0.25, 0.3) is 11.5 Å². The number of H-pyrrole nitrogens is 1. The number of amides is 1. The largest absolute Gasteiger partial charge is 0.345 e. The van der Waals surface area contributed by atoms with Gasteiger partial charge in [-0.25, -0.2) is 18.7 Å². The summed E-state index contributed by atoms with van der Waals surface area (Å²) in [6, 6.07) is 10.2. The molecule has 0 fully saturated rings. The van der Waals surface area contributed by atoms with Gasteiger partial charge >= 0.3 is 0 Å². The molecule has 176 valence electrons. The molecule has 4 aromatic heterocycles. The SMILES string of the molecule is Cc1sc(CNC(=O)c2cccn(Cc3ccc(F)c(F)c3)c2=O)nc1-c1c[nH]c2ncccc12. The molecule has 7 nitrogen and oxygen atoms in total. The predicted molar refractivity (Wildman–Crippen MR) is 129 cm³/mol. The molecule has 5 rings (SSSR count). The predicted octanol–water partition coefficient (Wildman–Crippen LogP) is 4.41. The van der Waals surface area contributed by atoms with E-state index in [1.54, 1.807) is 12.3 Å². The zero-order chi connectivity index (χ0) is 24.5. The standard InChI is InChI=1S/C25H19F2N5O2S/c1-14-22(18-11-29-23-16(18)4-2-8-28-23)31-21(35-14)12-30-24(33)17-5-3-9-32(25(17)34)13-15-6-7-19(26)20(27)10-15/h2-11H,12-13H2,1H3,(H,28,29)(H,30,33). The maximum atomic E-state index is 13.5. The number of nitrogens with zero attached hydrogens (tertiary/aromatic N) is 3. The van der Waals surface area contributed by atoms with Crippen LogP contribution in [0, 0.1) is 18.6 Å². The lowest BCUT2D eigenvalue weighted by atomic mass is 10.1. The molecule has 0 unspecified atom stereocenters. The van der Waals surface area contributed by atoms with Gasteiger partial charge in [0.05, 0.1) is 18.8 Å². The average molecular weight is 492 g/mol. The third-order valence-corrected chi connectivity index (χ3v) is 6.52. The second-order valence-corrected chi connectivity index (χ2v) is 9.19. The van der Waals surface area contributed by atoms with Crippen molar-refractivity contribution in [3.8, 4) is 11.3 Å². The Kier molecular flexibility index (Phi) is 5.96. The van der Waals surface area contributed by atoms with E-state index < -0.39 is 23.1 Å². The Morgan fingerprint density at radius 3 is 2.86 bits per heavy atom. The molecule has 10 heteroatoms. The molecule has 0 saturated carbocycles. The molecule has 4 heterocycles. The topological polar surface area (TPSA) is 92.7 Å². The Morgan fingerprint density at radius 2 is 2.03 bits per heavy atom. The highest BCUT2D eigenvalue weighted by atomic mass is 32.1. The van der Waals surface area contributed by atoms with E-state index in [1.807, 2.05) is 25.3 Å². The summed E-state index contributed by atoms with van der Waals surface area (Å²) in [5, 5.41) is 4.41. The number of hydrogen-bond acceptors (Lipinski definition) is 5. The van der Waals surface area contributed by atoms with Crippen LogP contribution >= 0.6 is 11.3 Å². The summed E-state index contributed by atoms with van der Waals surface area (Å²) in [6.45, 7) is 2.12. The van der Waals surface area contributed by atoms with Crippen LogP contribution in [0.2, 0.25) is 0 Å². The Morgan fingerprint density at radius 1 is 1.17 bits per heavy atom. The van der Waals surface area contributed by atoms with Crippen molar-refractivity contribution in [3.05, 3.63) is 104 Å². The highest BCUT2D eigenvalue weighted by molar-refractivity contribution is 7.12. The number of nitrogens with one attached hydrogen (secondary N) is 2. The number of rotatable bonds is 6. The first-order chi connectivity index (χ1) is 16.9. The number of hydrogen-bond donors (Lipinski definition) is 2. The highest BCUT2D eigenvalue weighted by Gasteiger charge is 2.17. The number of carbonyl (C=O) groups excluding carboxylic acids is 1. The number of aryl methyl sites for hydroxylation is 1. The van der Waals surface area contributed by atoms with Gasteiger partial charge in [0.15, 0.2) is 11.6 Å². The third-order valence-electron chi connectivity index (χ3n) is 5.55. The summed E-state index contributed by atoms with van der Waals surface area (Å²) in [6.07, 6.45) is 5.07. The first kappa shape index (κ1) is 22.6. The summed E-state index contributed by atoms with van der Waals surface area (Å²) < 4.78 is 28.0. The van der Waals surface area contributed by atoms with Gasteiger partial charge in [0.2, 0.25) is 0 Å². The molecule has 0 aliphatic rings. The van der Waals surface area contributed by atoms with Crippen LogP contribution in [0.25, 0.3) is 22.3 Å². The quantitative estimate of drug-likeness (QED) is 0.368. The first-order valence-electron chi connectivity index (χ1n) is 10.7. The normalized spacial score (nSPS) is 11.2. The minimum atomic E-state index is -0.994. The minimum absolute atomic E-state index is 0.00562. The van der Waals surface area contributed by atoms with Crippen LogP contribution in [-0.2, 0) is 13.1 Å². The van der Waals surface area contributed by atoms with Crippen LogP contribution in [-0.4, -0.2) is 25.4 Å². The fourth-order valence-corrected chi connectivity index (χ4v) is 4.74. The lowest BCUT2D eigenvalue weighted by Crippen LogP contribution is -2.32. The molecule has 0 radical (unpaired) electrons. The molecule has 0 aliphatic carbocycles. The summed E-state index contributed by atoms with van der Waals surface area (Å²) in [5.41, 5.74) is 2.34. The summed E-state index contributed by atoms with van der Waals surface area (Å²) >= 11 is 1.46.